The van der Waals surface area contributed by atoms with Crippen molar-refractivity contribution in [3.8, 4) is 11.3 Å². The lowest BCUT2D eigenvalue weighted by atomic mass is 10.1. The zero-order valence-corrected chi connectivity index (χ0v) is 14.3. The molecule has 5 heterocycles. The van der Waals surface area contributed by atoms with Crippen molar-refractivity contribution in [3.63, 3.8) is 0 Å². The van der Waals surface area contributed by atoms with Crippen LogP contribution in [0.15, 0.2) is 61.2 Å². The maximum Gasteiger partial charge on any atom is 0.258 e. The number of hydrogen-bond acceptors (Lipinski definition) is 5. The quantitative estimate of drug-likeness (QED) is 0.506. The van der Waals surface area contributed by atoms with Gasteiger partial charge in [0.15, 0.2) is 17.3 Å². The molecule has 2 N–H and O–H groups in total. The Kier molecular flexibility index (Phi) is 3.58. The van der Waals surface area contributed by atoms with Crippen molar-refractivity contribution in [3.05, 3.63) is 72.6 Å². The van der Waals surface area contributed by atoms with Crippen LogP contribution in [0, 0.1) is 5.82 Å². The summed E-state index contributed by atoms with van der Waals surface area (Å²) in [6.45, 7) is 0. The van der Waals surface area contributed by atoms with Gasteiger partial charge in [-0.05, 0) is 30.3 Å². The predicted molar refractivity (Wildman–Crippen MR) is 100 cm³/mol. The van der Waals surface area contributed by atoms with Gasteiger partial charge in [-0.3, -0.25) is 14.9 Å². The topological polar surface area (TPSA) is 101 Å². The number of aromatic nitrogens is 6. The predicted octanol–water partition coefficient (Wildman–Crippen LogP) is 3.06. The van der Waals surface area contributed by atoms with Crippen LogP contribution in [0.5, 0.6) is 0 Å². The minimum Gasteiger partial charge on any atom is -0.304 e. The van der Waals surface area contributed by atoms with Gasteiger partial charge in [0, 0.05) is 24.2 Å². The van der Waals surface area contributed by atoms with Gasteiger partial charge in [-0.1, -0.05) is 6.07 Å². The number of halogens is 1. The minimum absolute atomic E-state index is 0.155. The summed E-state index contributed by atoms with van der Waals surface area (Å²) in [6.07, 6.45) is 6.35. The first-order chi connectivity index (χ1) is 13.7. The molecule has 0 fully saturated rings. The third-order valence-corrected chi connectivity index (χ3v) is 4.34. The summed E-state index contributed by atoms with van der Waals surface area (Å²) in [5.41, 5.74) is 2.18. The van der Waals surface area contributed by atoms with Gasteiger partial charge in [0.25, 0.3) is 5.91 Å². The van der Waals surface area contributed by atoms with E-state index < -0.39 is 11.7 Å². The van der Waals surface area contributed by atoms with Gasteiger partial charge >= 0.3 is 0 Å². The largest absolute Gasteiger partial charge is 0.304 e. The molecule has 0 radical (unpaired) electrons. The van der Waals surface area contributed by atoms with E-state index in [9.17, 15) is 9.18 Å². The molecule has 0 aliphatic carbocycles. The van der Waals surface area contributed by atoms with Gasteiger partial charge in [-0.2, -0.15) is 10.2 Å². The number of pyridine rings is 3. The highest BCUT2D eigenvalue weighted by molar-refractivity contribution is 6.07. The van der Waals surface area contributed by atoms with Crippen molar-refractivity contribution in [2.75, 3.05) is 5.32 Å². The van der Waals surface area contributed by atoms with Gasteiger partial charge in [0.2, 0.25) is 0 Å². The number of aromatic amines is 1. The third kappa shape index (κ3) is 2.57. The van der Waals surface area contributed by atoms with Gasteiger partial charge in [0.1, 0.15) is 5.69 Å². The van der Waals surface area contributed by atoms with E-state index in [4.69, 9.17) is 0 Å². The highest BCUT2D eigenvalue weighted by Gasteiger charge is 2.18. The molecular weight excluding hydrogens is 361 g/mol. The van der Waals surface area contributed by atoms with Crippen LogP contribution in [0.25, 0.3) is 27.8 Å². The number of amides is 1. The minimum atomic E-state index is -0.537. The number of nitrogens with zero attached hydrogens (tertiary/aromatic N) is 5. The first kappa shape index (κ1) is 16.1. The molecule has 0 atom stereocenters. The van der Waals surface area contributed by atoms with E-state index >= 15 is 0 Å². The SMILES string of the molecule is O=C(Nc1n[nH]c2nc(-c3cnn4ccccc34)c(F)cc12)c1cccnc1. The monoisotopic (exact) mass is 373 g/mol. The fourth-order valence-corrected chi connectivity index (χ4v) is 3.00. The molecule has 5 aromatic rings. The molecule has 8 nitrogen and oxygen atoms in total. The third-order valence-electron chi connectivity index (χ3n) is 4.34. The molecule has 0 aromatic carbocycles. The van der Waals surface area contributed by atoms with Crippen molar-refractivity contribution >= 4 is 28.3 Å². The smallest absolute Gasteiger partial charge is 0.258 e. The second-order valence-corrected chi connectivity index (χ2v) is 6.07. The second kappa shape index (κ2) is 6.23. The van der Waals surface area contributed by atoms with E-state index in [1.807, 2.05) is 18.2 Å². The van der Waals surface area contributed by atoms with E-state index in [2.05, 4.69) is 30.6 Å². The van der Waals surface area contributed by atoms with Gasteiger partial charge < -0.3 is 5.32 Å². The Bertz CT molecular complexity index is 1330. The number of carbonyl (C=O) groups excluding carboxylic acids is 1. The van der Waals surface area contributed by atoms with Gasteiger partial charge in [-0.15, -0.1) is 0 Å². The van der Waals surface area contributed by atoms with Crippen LogP contribution in [0.3, 0.4) is 0 Å². The Hall–Kier alpha value is -4.14. The molecule has 5 rings (SSSR count). The maximum atomic E-state index is 14.9. The van der Waals surface area contributed by atoms with Crippen molar-refractivity contribution in [1.82, 2.24) is 29.8 Å². The van der Waals surface area contributed by atoms with Crippen molar-refractivity contribution < 1.29 is 9.18 Å². The van der Waals surface area contributed by atoms with Crippen LogP contribution in [0.1, 0.15) is 10.4 Å². The maximum absolute atomic E-state index is 14.9. The molecule has 0 aliphatic heterocycles. The number of anilines is 1. The lowest BCUT2D eigenvalue weighted by Gasteiger charge is -2.04. The normalized spacial score (nSPS) is 11.2. The number of H-pyrrole nitrogens is 1. The van der Waals surface area contributed by atoms with E-state index in [0.29, 0.717) is 22.2 Å². The number of nitrogens with one attached hydrogen (secondary N) is 2. The Morgan fingerprint density at radius 2 is 2.11 bits per heavy atom. The summed E-state index contributed by atoms with van der Waals surface area (Å²) < 4.78 is 16.5. The summed E-state index contributed by atoms with van der Waals surface area (Å²) in [4.78, 5) is 20.6. The second-order valence-electron chi connectivity index (χ2n) is 6.07. The lowest BCUT2D eigenvalue weighted by molar-refractivity contribution is 0.102. The Balaban J connectivity index is 1.55. The highest BCUT2D eigenvalue weighted by Crippen LogP contribution is 2.29. The summed E-state index contributed by atoms with van der Waals surface area (Å²) >= 11 is 0. The molecule has 5 aromatic heterocycles. The molecule has 0 saturated carbocycles. The number of carbonyl (C=O) groups is 1. The van der Waals surface area contributed by atoms with Gasteiger partial charge in [-0.25, -0.2) is 13.9 Å². The fourth-order valence-electron chi connectivity index (χ4n) is 3.00. The number of hydrogen-bond donors (Lipinski definition) is 2. The van der Waals surface area contributed by atoms with Crippen LogP contribution < -0.4 is 5.32 Å². The summed E-state index contributed by atoms with van der Waals surface area (Å²) in [7, 11) is 0. The fraction of sp³-hybridized carbons (Fsp3) is 0. The summed E-state index contributed by atoms with van der Waals surface area (Å²) in [6, 6.07) is 10.1. The Labute approximate surface area is 157 Å². The molecular formula is C19H12FN7O. The van der Waals surface area contributed by atoms with Crippen molar-refractivity contribution in [2.24, 2.45) is 0 Å². The van der Waals surface area contributed by atoms with Crippen LogP contribution >= 0.6 is 0 Å². The zero-order valence-electron chi connectivity index (χ0n) is 14.3. The van der Waals surface area contributed by atoms with Crippen molar-refractivity contribution in [2.45, 2.75) is 0 Å². The lowest BCUT2D eigenvalue weighted by Crippen LogP contribution is -2.12. The molecule has 9 heteroatoms. The van der Waals surface area contributed by atoms with E-state index in [1.165, 1.54) is 12.3 Å². The average molecular weight is 373 g/mol. The molecule has 28 heavy (non-hydrogen) atoms. The van der Waals surface area contributed by atoms with Crippen LogP contribution in [0.2, 0.25) is 0 Å². The highest BCUT2D eigenvalue weighted by atomic mass is 19.1. The van der Waals surface area contributed by atoms with E-state index in [1.54, 1.807) is 35.2 Å². The molecule has 0 saturated heterocycles. The van der Waals surface area contributed by atoms with Gasteiger partial charge in [0.05, 0.1) is 22.7 Å². The summed E-state index contributed by atoms with van der Waals surface area (Å²) in [5, 5.41) is 14.0. The standard InChI is InChI=1S/C19H12FN7O/c20-14-8-12-17(23-16(14)13-10-22-27-7-2-1-5-15(13)27)25-26-18(12)24-19(28)11-4-3-6-21-9-11/h1-10H,(H2,23,24,25,26,28). The average Bonchev–Trinajstić information content (AvgIpc) is 3.32. The number of fused-ring (bicyclic) bond motifs is 2. The molecule has 0 spiro atoms. The van der Waals surface area contributed by atoms with E-state index in [-0.39, 0.29) is 11.5 Å². The van der Waals surface area contributed by atoms with Crippen LogP contribution in [-0.2, 0) is 0 Å². The first-order valence-electron chi connectivity index (χ1n) is 8.39. The first-order valence-corrected chi connectivity index (χ1v) is 8.39. The van der Waals surface area contributed by atoms with Crippen LogP contribution in [-0.4, -0.2) is 35.7 Å². The molecule has 1 amide bonds. The molecule has 0 bridgehead atoms. The Morgan fingerprint density at radius 1 is 1.18 bits per heavy atom. The molecule has 0 unspecified atom stereocenters. The van der Waals surface area contributed by atoms with Crippen LogP contribution in [0.4, 0.5) is 10.2 Å². The Morgan fingerprint density at radius 3 is 2.96 bits per heavy atom. The van der Waals surface area contributed by atoms with E-state index in [0.717, 1.165) is 5.52 Å². The molecule has 0 aliphatic rings. The zero-order chi connectivity index (χ0) is 19.1. The van der Waals surface area contributed by atoms with Crippen molar-refractivity contribution in [1.29, 1.82) is 0 Å². The molecule has 136 valence electrons. The number of rotatable bonds is 3. The summed E-state index contributed by atoms with van der Waals surface area (Å²) in [5.74, 6) is -0.736.